The highest BCUT2D eigenvalue weighted by molar-refractivity contribution is 7.39. The molecule has 0 aliphatic carbocycles. The molecule has 1 aliphatic rings. The third kappa shape index (κ3) is 5.58. The SMILES string of the molecule is CC(C)C(=O)OCC1CCCN1C(=O)OCOP(O)O. The molecule has 1 aliphatic heterocycles. The van der Waals surface area contributed by atoms with Crippen LogP contribution >= 0.6 is 8.60 Å². The summed E-state index contributed by atoms with van der Waals surface area (Å²) in [7, 11) is -2.54. The number of esters is 1. The van der Waals surface area contributed by atoms with Gasteiger partial charge in [-0.15, -0.1) is 0 Å². The molecule has 0 aromatic heterocycles. The van der Waals surface area contributed by atoms with E-state index in [4.69, 9.17) is 19.3 Å². The Balaban J connectivity index is 2.36. The second-order valence-corrected chi connectivity index (χ2v) is 5.45. The summed E-state index contributed by atoms with van der Waals surface area (Å²) >= 11 is 0. The first kappa shape index (κ1) is 17.1. The minimum absolute atomic E-state index is 0.139. The van der Waals surface area contributed by atoms with Crippen molar-refractivity contribution in [1.29, 1.82) is 0 Å². The maximum Gasteiger partial charge on any atom is 0.412 e. The van der Waals surface area contributed by atoms with Gasteiger partial charge in [-0.1, -0.05) is 13.8 Å². The minimum atomic E-state index is -2.54. The van der Waals surface area contributed by atoms with E-state index >= 15 is 0 Å². The number of nitrogens with zero attached hydrogens (tertiary/aromatic N) is 1. The number of rotatable bonds is 6. The van der Waals surface area contributed by atoms with Crippen LogP contribution in [0.4, 0.5) is 4.79 Å². The van der Waals surface area contributed by atoms with Crippen molar-refractivity contribution in [2.75, 3.05) is 19.9 Å². The van der Waals surface area contributed by atoms with Gasteiger partial charge in [-0.2, -0.15) is 0 Å². The summed E-state index contributed by atoms with van der Waals surface area (Å²) in [4.78, 5) is 41.6. The van der Waals surface area contributed by atoms with Crippen molar-refractivity contribution in [3.63, 3.8) is 0 Å². The van der Waals surface area contributed by atoms with Gasteiger partial charge in [0.2, 0.25) is 6.79 Å². The summed E-state index contributed by atoms with van der Waals surface area (Å²) in [5.41, 5.74) is 0. The Labute approximate surface area is 118 Å². The van der Waals surface area contributed by atoms with Gasteiger partial charge in [-0.3, -0.25) is 9.32 Å². The average molecular weight is 309 g/mol. The number of hydrogen-bond acceptors (Lipinski definition) is 7. The van der Waals surface area contributed by atoms with E-state index in [-0.39, 0.29) is 24.5 Å². The van der Waals surface area contributed by atoms with Crippen LogP contribution in [0.25, 0.3) is 0 Å². The van der Waals surface area contributed by atoms with Crippen LogP contribution in [-0.2, 0) is 18.8 Å². The zero-order chi connectivity index (χ0) is 15.1. The fourth-order valence-electron chi connectivity index (χ4n) is 1.80. The normalized spacial score (nSPS) is 18.7. The molecule has 116 valence electrons. The van der Waals surface area contributed by atoms with Gasteiger partial charge in [0.1, 0.15) is 6.61 Å². The number of hydrogen-bond donors (Lipinski definition) is 2. The van der Waals surface area contributed by atoms with Gasteiger partial charge in [0.25, 0.3) is 0 Å². The highest BCUT2D eigenvalue weighted by atomic mass is 31.2. The van der Waals surface area contributed by atoms with Gasteiger partial charge < -0.3 is 24.2 Å². The van der Waals surface area contributed by atoms with E-state index in [0.717, 1.165) is 12.8 Å². The van der Waals surface area contributed by atoms with E-state index in [9.17, 15) is 9.59 Å². The Bertz CT molecular complexity index is 337. The fourth-order valence-corrected chi connectivity index (χ4v) is 1.95. The fraction of sp³-hybridized carbons (Fsp3) is 0.818. The van der Waals surface area contributed by atoms with Crippen molar-refractivity contribution in [3.05, 3.63) is 0 Å². The van der Waals surface area contributed by atoms with Crippen LogP contribution in [-0.4, -0.2) is 52.7 Å². The zero-order valence-electron chi connectivity index (χ0n) is 11.5. The largest absolute Gasteiger partial charge is 0.463 e. The van der Waals surface area contributed by atoms with Gasteiger partial charge in [0, 0.05) is 6.54 Å². The monoisotopic (exact) mass is 309 g/mol. The average Bonchev–Trinajstić information content (AvgIpc) is 2.83. The van der Waals surface area contributed by atoms with E-state index in [1.165, 1.54) is 4.90 Å². The lowest BCUT2D eigenvalue weighted by atomic mass is 10.2. The smallest absolute Gasteiger partial charge is 0.412 e. The first-order chi connectivity index (χ1) is 9.41. The molecule has 0 spiro atoms. The quantitative estimate of drug-likeness (QED) is 0.428. The van der Waals surface area contributed by atoms with Crippen molar-refractivity contribution in [3.8, 4) is 0 Å². The molecule has 20 heavy (non-hydrogen) atoms. The topological polar surface area (TPSA) is 106 Å². The molecule has 0 radical (unpaired) electrons. The van der Waals surface area contributed by atoms with Crippen LogP contribution in [0.15, 0.2) is 0 Å². The lowest BCUT2D eigenvalue weighted by Crippen LogP contribution is -2.39. The molecule has 0 bridgehead atoms. The first-order valence-corrected chi connectivity index (χ1v) is 7.49. The Morgan fingerprint density at radius 2 is 2.05 bits per heavy atom. The molecule has 2 N–H and O–H groups in total. The number of ether oxygens (including phenoxy) is 2. The van der Waals surface area contributed by atoms with E-state index < -0.39 is 21.5 Å². The van der Waals surface area contributed by atoms with Crippen molar-refractivity contribution in [1.82, 2.24) is 4.90 Å². The number of carbonyl (C=O) groups is 2. The lowest BCUT2D eigenvalue weighted by molar-refractivity contribution is -0.148. The van der Waals surface area contributed by atoms with Crippen molar-refractivity contribution in [2.45, 2.75) is 32.7 Å². The zero-order valence-corrected chi connectivity index (χ0v) is 12.4. The van der Waals surface area contributed by atoms with Crippen LogP contribution in [0.5, 0.6) is 0 Å². The summed E-state index contributed by atoms with van der Waals surface area (Å²) in [6, 6.07) is -0.213. The summed E-state index contributed by atoms with van der Waals surface area (Å²) in [5, 5.41) is 0. The maximum absolute atomic E-state index is 11.7. The van der Waals surface area contributed by atoms with Gasteiger partial charge in [0.05, 0.1) is 12.0 Å². The highest BCUT2D eigenvalue weighted by Gasteiger charge is 2.31. The van der Waals surface area contributed by atoms with Crippen LogP contribution in [0.1, 0.15) is 26.7 Å². The van der Waals surface area contributed by atoms with Crippen molar-refractivity contribution in [2.24, 2.45) is 5.92 Å². The molecule has 1 unspecified atom stereocenters. The van der Waals surface area contributed by atoms with Crippen LogP contribution in [0.2, 0.25) is 0 Å². The molecule has 1 saturated heterocycles. The molecule has 8 nitrogen and oxygen atoms in total. The van der Waals surface area contributed by atoms with Gasteiger partial charge >= 0.3 is 20.7 Å². The molecule has 0 aromatic carbocycles. The molecule has 1 heterocycles. The van der Waals surface area contributed by atoms with E-state index in [2.05, 4.69) is 4.52 Å². The van der Waals surface area contributed by atoms with Gasteiger partial charge in [0.15, 0.2) is 0 Å². The Morgan fingerprint density at radius 1 is 1.35 bits per heavy atom. The van der Waals surface area contributed by atoms with Crippen molar-refractivity contribution >= 4 is 20.7 Å². The Morgan fingerprint density at radius 3 is 2.65 bits per heavy atom. The van der Waals surface area contributed by atoms with Gasteiger partial charge in [-0.25, -0.2) is 4.79 Å². The second kappa shape index (κ2) is 8.36. The second-order valence-electron chi connectivity index (χ2n) is 4.68. The molecule has 1 fully saturated rings. The predicted octanol–water partition coefficient (Wildman–Crippen LogP) is 0.972. The molecule has 1 rings (SSSR count). The van der Waals surface area contributed by atoms with Gasteiger partial charge in [-0.05, 0) is 12.8 Å². The molecular formula is C11H20NO7P. The van der Waals surface area contributed by atoms with Crippen LogP contribution in [0, 0.1) is 5.92 Å². The summed E-state index contributed by atoms with van der Waals surface area (Å²) < 4.78 is 14.2. The Hall–Kier alpha value is -0.950. The standard InChI is InChI=1S/C11H20NO7P/c1-8(2)10(13)17-6-9-4-3-5-12(9)11(14)18-7-19-20(15)16/h8-9,15-16H,3-7H2,1-2H3. The third-order valence-corrected chi connectivity index (χ3v) is 3.19. The summed E-state index contributed by atoms with van der Waals surface area (Å²) in [6.07, 6.45) is 0.908. The highest BCUT2D eigenvalue weighted by Crippen LogP contribution is 2.24. The minimum Gasteiger partial charge on any atom is -0.463 e. The van der Waals surface area contributed by atoms with E-state index in [0.29, 0.717) is 6.54 Å². The Kier molecular flexibility index (Phi) is 7.15. The van der Waals surface area contributed by atoms with Crippen LogP contribution < -0.4 is 0 Å². The molecule has 0 saturated carbocycles. The predicted molar refractivity (Wildman–Crippen MR) is 69.3 cm³/mol. The van der Waals surface area contributed by atoms with Crippen molar-refractivity contribution < 1.29 is 33.4 Å². The third-order valence-electron chi connectivity index (χ3n) is 2.85. The molecular weight excluding hydrogens is 289 g/mol. The molecule has 9 heteroatoms. The molecule has 1 amide bonds. The number of amides is 1. The van der Waals surface area contributed by atoms with E-state index in [1.807, 2.05) is 0 Å². The molecule has 1 atom stereocenters. The van der Waals surface area contributed by atoms with Crippen LogP contribution in [0.3, 0.4) is 0 Å². The molecule has 0 aromatic rings. The summed E-state index contributed by atoms with van der Waals surface area (Å²) in [6.45, 7) is 3.60. The maximum atomic E-state index is 11.7. The summed E-state index contributed by atoms with van der Waals surface area (Å²) in [5.74, 6) is -0.515. The lowest BCUT2D eigenvalue weighted by Gasteiger charge is -2.23. The number of likely N-dealkylation sites (tertiary alicyclic amines) is 1. The number of carbonyl (C=O) groups excluding carboxylic acids is 2. The van der Waals surface area contributed by atoms with E-state index in [1.54, 1.807) is 13.8 Å². The first-order valence-electron chi connectivity index (χ1n) is 6.32.